The first kappa shape index (κ1) is 25.9. The lowest BCUT2D eigenvalue weighted by Crippen LogP contribution is -2.67. The molecule has 0 aliphatic carbocycles. The Bertz CT molecular complexity index is 993. The molecule has 0 saturated carbocycles. The largest absolute Gasteiger partial charge is 0.463 e. The Balaban J connectivity index is 2.64. The number of ether oxygens (including phenoxy) is 5. The number of carbonyl (C=O) groups is 4. The summed E-state index contributed by atoms with van der Waals surface area (Å²) in [6.07, 6.45) is -6.86. The summed E-state index contributed by atoms with van der Waals surface area (Å²) in [5.74, 6) is -4.24. The summed E-state index contributed by atoms with van der Waals surface area (Å²) in [7, 11) is -4.61. The Kier molecular flexibility index (Phi) is 7.86. The minimum Gasteiger partial charge on any atom is -0.463 e. The highest BCUT2D eigenvalue weighted by Crippen LogP contribution is 2.34. The van der Waals surface area contributed by atoms with E-state index < -0.39 is 83.0 Å². The molecule has 0 spiro atoms. The quantitative estimate of drug-likeness (QED) is 0.297. The van der Waals surface area contributed by atoms with Crippen molar-refractivity contribution < 1.29 is 51.3 Å². The van der Waals surface area contributed by atoms with Crippen LogP contribution in [0.25, 0.3) is 0 Å². The van der Waals surface area contributed by atoms with Crippen molar-refractivity contribution in [1.82, 2.24) is 4.31 Å². The zero-order chi connectivity index (χ0) is 25.1. The average molecular weight is 492 g/mol. The van der Waals surface area contributed by atoms with Gasteiger partial charge in [0.25, 0.3) is 0 Å². The molecule has 5 atom stereocenters. The molecular weight excluding hydrogens is 468 g/mol. The minimum absolute atomic E-state index is 0.422. The number of nitrogens with zero attached hydrogens (tertiary/aromatic N) is 2. The van der Waals surface area contributed by atoms with Crippen LogP contribution < -0.4 is 11.5 Å². The fraction of sp³-hybridized carbons (Fsp3) is 0.588. The van der Waals surface area contributed by atoms with Gasteiger partial charge in [0.05, 0.1) is 0 Å². The van der Waals surface area contributed by atoms with E-state index >= 15 is 0 Å². The molecular formula is C17H24N4O11S. The Morgan fingerprint density at radius 2 is 1.45 bits per heavy atom. The van der Waals surface area contributed by atoms with Crippen molar-refractivity contribution in [3.8, 4) is 0 Å². The molecule has 0 aromatic heterocycles. The van der Waals surface area contributed by atoms with Gasteiger partial charge in [0.2, 0.25) is 0 Å². The number of amidine groups is 1. The Morgan fingerprint density at radius 3 is 1.94 bits per heavy atom. The number of carbonyl (C=O) groups excluding carboxylic acids is 4. The van der Waals surface area contributed by atoms with Gasteiger partial charge in [0.15, 0.2) is 24.5 Å². The van der Waals surface area contributed by atoms with E-state index in [4.69, 9.17) is 35.2 Å². The van der Waals surface area contributed by atoms with Crippen molar-refractivity contribution in [3.05, 3.63) is 11.9 Å². The summed E-state index contributed by atoms with van der Waals surface area (Å²) in [5.41, 5.74) is 11.3. The minimum atomic E-state index is -4.61. The van der Waals surface area contributed by atoms with Crippen LogP contribution >= 0.6 is 0 Å². The van der Waals surface area contributed by atoms with Gasteiger partial charge in [-0.25, -0.2) is 4.31 Å². The number of rotatable bonds is 6. The van der Waals surface area contributed by atoms with Gasteiger partial charge in [-0.1, -0.05) is 0 Å². The molecule has 0 unspecified atom stereocenters. The van der Waals surface area contributed by atoms with E-state index in [2.05, 4.69) is 4.40 Å². The second-order valence-corrected chi connectivity index (χ2v) is 8.42. The Hall–Kier alpha value is -3.40. The molecule has 0 aromatic rings. The van der Waals surface area contributed by atoms with Crippen molar-refractivity contribution in [2.45, 2.75) is 58.3 Å². The zero-order valence-corrected chi connectivity index (χ0v) is 18.9. The molecule has 2 aliphatic rings. The van der Waals surface area contributed by atoms with Crippen molar-refractivity contribution in [1.29, 1.82) is 0 Å². The van der Waals surface area contributed by atoms with Crippen molar-refractivity contribution in [2.24, 2.45) is 15.9 Å². The van der Waals surface area contributed by atoms with Crippen LogP contribution in [0.1, 0.15) is 27.7 Å². The number of esters is 4. The maximum Gasteiger partial charge on any atom is 0.350 e. The van der Waals surface area contributed by atoms with Crippen molar-refractivity contribution in [2.75, 3.05) is 6.61 Å². The second-order valence-electron chi connectivity index (χ2n) is 6.95. The third-order valence-electron chi connectivity index (χ3n) is 4.22. The lowest BCUT2D eigenvalue weighted by atomic mass is 9.97. The second kappa shape index (κ2) is 10.0. The molecule has 1 fully saturated rings. The van der Waals surface area contributed by atoms with E-state index in [1.807, 2.05) is 0 Å². The van der Waals surface area contributed by atoms with E-state index in [-0.39, 0.29) is 0 Å². The Morgan fingerprint density at radius 1 is 0.939 bits per heavy atom. The van der Waals surface area contributed by atoms with E-state index in [1.165, 1.54) is 0 Å². The molecule has 4 N–H and O–H groups in total. The molecule has 33 heavy (non-hydrogen) atoms. The van der Waals surface area contributed by atoms with Crippen LogP contribution in [0.4, 0.5) is 0 Å². The molecule has 15 nitrogen and oxygen atoms in total. The number of nitrogens with two attached hydrogens (primary N) is 2. The van der Waals surface area contributed by atoms with Gasteiger partial charge in [-0.15, -0.1) is 4.40 Å². The van der Waals surface area contributed by atoms with Gasteiger partial charge < -0.3 is 35.2 Å². The predicted molar refractivity (Wildman–Crippen MR) is 107 cm³/mol. The molecule has 2 rings (SSSR count). The lowest BCUT2D eigenvalue weighted by molar-refractivity contribution is -0.267. The fourth-order valence-corrected chi connectivity index (χ4v) is 4.38. The smallest absolute Gasteiger partial charge is 0.350 e. The standard InChI is InChI=1S/C17H24N4O11S/c1-7(22)28-6-11-14(29-8(2)23)15(30-9(3)24)16(31-10(4)25)17(32-11)21-13(19)5-12(18)20-33(21,26)27/h5,11,14-17H,6,19H2,1-4H3,(H2,18,20)/t11-,14-,15+,16-,17+/m1/s1. The maximum absolute atomic E-state index is 12.7. The third kappa shape index (κ3) is 6.32. The first-order chi connectivity index (χ1) is 15.2. The Labute approximate surface area is 188 Å². The molecule has 2 aliphatic heterocycles. The monoisotopic (exact) mass is 492 g/mol. The van der Waals surface area contributed by atoms with Crippen LogP contribution in [-0.4, -0.2) is 79.7 Å². The van der Waals surface area contributed by atoms with Crippen LogP contribution in [0.3, 0.4) is 0 Å². The first-order valence-electron chi connectivity index (χ1n) is 9.40. The normalized spacial score (nSPS) is 28.6. The summed E-state index contributed by atoms with van der Waals surface area (Å²) in [4.78, 5) is 46.7. The predicted octanol–water partition coefficient (Wildman–Crippen LogP) is -2.21. The van der Waals surface area contributed by atoms with Crippen molar-refractivity contribution in [3.63, 3.8) is 0 Å². The molecule has 0 bridgehead atoms. The van der Waals surface area contributed by atoms with Gasteiger partial charge in [-0.3, -0.25) is 19.2 Å². The van der Waals surface area contributed by atoms with Crippen molar-refractivity contribution >= 4 is 39.9 Å². The average Bonchev–Trinajstić information content (AvgIpc) is 2.62. The van der Waals surface area contributed by atoms with E-state index in [0.717, 1.165) is 33.8 Å². The molecule has 0 amide bonds. The molecule has 1 saturated heterocycles. The summed E-state index contributed by atoms with van der Waals surface area (Å²) in [6, 6.07) is 0. The van der Waals surface area contributed by atoms with Gasteiger partial charge in [0.1, 0.15) is 24.4 Å². The van der Waals surface area contributed by atoms with E-state index in [9.17, 15) is 27.6 Å². The van der Waals surface area contributed by atoms with Gasteiger partial charge in [-0.05, 0) is 0 Å². The molecule has 2 heterocycles. The van der Waals surface area contributed by atoms with E-state index in [1.54, 1.807) is 0 Å². The van der Waals surface area contributed by atoms with Gasteiger partial charge in [0, 0.05) is 33.8 Å². The fourth-order valence-electron chi connectivity index (χ4n) is 3.22. The summed E-state index contributed by atoms with van der Waals surface area (Å²) in [6.45, 7) is 3.64. The van der Waals surface area contributed by atoms with Gasteiger partial charge >= 0.3 is 34.1 Å². The van der Waals surface area contributed by atoms with Crippen LogP contribution in [0, 0.1) is 0 Å². The maximum atomic E-state index is 12.7. The zero-order valence-electron chi connectivity index (χ0n) is 18.1. The highest BCUT2D eigenvalue weighted by Gasteiger charge is 2.56. The third-order valence-corrected chi connectivity index (χ3v) is 5.57. The highest BCUT2D eigenvalue weighted by molar-refractivity contribution is 7.88. The van der Waals surface area contributed by atoms with Crippen LogP contribution in [0.5, 0.6) is 0 Å². The number of hydrogen-bond acceptors (Lipinski definition) is 13. The lowest BCUT2D eigenvalue weighted by Gasteiger charge is -2.47. The number of hydrogen-bond donors (Lipinski definition) is 2. The van der Waals surface area contributed by atoms with Crippen LogP contribution in [0.2, 0.25) is 0 Å². The summed E-state index contributed by atoms with van der Waals surface area (Å²) >= 11 is 0. The molecule has 184 valence electrons. The first-order valence-corrected chi connectivity index (χ1v) is 10.8. The summed E-state index contributed by atoms with van der Waals surface area (Å²) in [5, 5.41) is 0. The van der Waals surface area contributed by atoms with E-state index in [0.29, 0.717) is 4.31 Å². The van der Waals surface area contributed by atoms with Crippen LogP contribution in [-0.2, 0) is 53.1 Å². The topological polar surface area (TPSA) is 216 Å². The molecule has 16 heteroatoms. The summed E-state index contributed by atoms with van der Waals surface area (Å²) < 4.78 is 55.6. The molecule has 0 aromatic carbocycles. The van der Waals surface area contributed by atoms with Gasteiger partial charge in [-0.2, -0.15) is 8.42 Å². The molecule has 0 radical (unpaired) electrons. The SMILES string of the molecule is CC(=O)OC[C@H]1O[C@H](N2C(N)=CC(N)=NS2(=O)=O)[C@H](OC(C)=O)[C@@H](OC(C)=O)[C@@H]1OC(C)=O. The highest BCUT2D eigenvalue weighted by atomic mass is 32.2. The van der Waals surface area contributed by atoms with Crippen LogP contribution in [0.15, 0.2) is 16.3 Å².